The third-order valence-corrected chi connectivity index (χ3v) is 4.91. The first-order chi connectivity index (χ1) is 13.0. The molecule has 2 N–H and O–H groups in total. The zero-order valence-electron chi connectivity index (χ0n) is 15.5. The number of benzene rings is 1. The number of nitriles is 1. The minimum atomic E-state index is 0.156. The van der Waals surface area contributed by atoms with Gasteiger partial charge in [0.25, 0.3) is 0 Å². The molecule has 0 saturated heterocycles. The van der Waals surface area contributed by atoms with Gasteiger partial charge in [0.15, 0.2) is 0 Å². The van der Waals surface area contributed by atoms with Gasteiger partial charge in [-0.2, -0.15) is 10.4 Å². The monoisotopic (exact) mass is 381 g/mol. The zero-order chi connectivity index (χ0) is 19.6. The number of nitrogens with zero attached hydrogens (tertiary/aromatic N) is 4. The fraction of sp³-hybridized carbons (Fsp3) is 0.211. The number of aryl methyl sites for hydroxylation is 1. The molecule has 0 aliphatic heterocycles. The van der Waals surface area contributed by atoms with Crippen LogP contribution in [0.25, 0.3) is 22.4 Å². The van der Waals surface area contributed by atoms with Crippen molar-refractivity contribution in [2.45, 2.75) is 4.90 Å². The van der Waals surface area contributed by atoms with E-state index in [9.17, 15) is 5.26 Å². The van der Waals surface area contributed by atoms with Crippen molar-refractivity contribution in [2.24, 2.45) is 7.05 Å². The van der Waals surface area contributed by atoms with Gasteiger partial charge in [0.05, 0.1) is 31.0 Å². The smallest absolute Gasteiger partial charge is 0.142 e. The molecule has 0 aliphatic rings. The van der Waals surface area contributed by atoms with Crippen molar-refractivity contribution in [3.63, 3.8) is 0 Å². The number of methoxy groups -OCH3 is 2. The summed E-state index contributed by atoms with van der Waals surface area (Å²) in [7, 11) is 5.03. The molecule has 2 heterocycles. The summed E-state index contributed by atoms with van der Waals surface area (Å²) in [5.74, 6) is 1.48. The Morgan fingerprint density at radius 2 is 1.89 bits per heavy atom. The second-order valence-electron chi connectivity index (χ2n) is 5.74. The number of rotatable bonds is 5. The van der Waals surface area contributed by atoms with E-state index in [1.54, 1.807) is 36.9 Å². The number of pyridine rings is 1. The number of nitrogens with two attached hydrogens (primary N) is 1. The predicted molar refractivity (Wildman–Crippen MR) is 106 cm³/mol. The normalized spacial score (nSPS) is 10.5. The lowest BCUT2D eigenvalue weighted by Crippen LogP contribution is -2.01. The van der Waals surface area contributed by atoms with Crippen molar-refractivity contribution in [1.82, 2.24) is 14.8 Å². The van der Waals surface area contributed by atoms with Crippen LogP contribution in [-0.4, -0.2) is 35.2 Å². The first-order valence-corrected chi connectivity index (χ1v) is 9.24. The molecular weight excluding hydrogens is 362 g/mol. The molecule has 27 heavy (non-hydrogen) atoms. The van der Waals surface area contributed by atoms with Crippen LogP contribution in [0.2, 0.25) is 0 Å². The van der Waals surface area contributed by atoms with Crippen LogP contribution in [0, 0.1) is 11.3 Å². The van der Waals surface area contributed by atoms with Gasteiger partial charge < -0.3 is 15.2 Å². The molecule has 0 fully saturated rings. The SMILES string of the molecule is COc1cc(-c2cc(-c3cnn(C)c3)nc(N)c2C#N)c(OC)cc1SC. The van der Waals surface area contributed by atoms with Crippen molar-refractivity contribution in [1.29, 1.82) is 5.26 Å². The lowest BCUT2D eigenvalue weighted by Gasteiger charge is -2.16. The average molecular weight is 381 g/mol. The summed E-state index contributed by atoms with van der Waals surface area (Å²) in [5.41, 5.74) is 9.17. The van der Waals surface area contributed by atoms with Gasteiger partial charge in [0.1, 0.15) is 28.9 Å². The number of ether oxygens (including phenoxy) is 2. The van der Waals surface area contributed by atoms with Gasteiger partial charge in [-0.25, -0.2) is 4.98 Å². The molecule has 1 aromatic carbocycles. The lowest BCUT2D eigenvalue weighted by molar-refractivity contribution is 0.395. The molecule has 0 amide bonds. The summed E-state index contributed by atoms with van der Waals surface area (Å²) in [5, 5.41) is 13.8. The van der Waals surface area contributed by atoms with E-state index < -0.39 is 0 Å². The van der Waals surface area contributed by atoms with E-state index in [0.717, 1.165) is 10.5 Å². The first-order valence-electron chi connectivity index (χ1n) is 8.02. The van der Waals surface area contributed by atoms with Crippen molar-refractivity contribution < 1.29 is 9.47 Å². The average Bonchev–Trinajstić information content (AvgIpc) is 3.12. The van der Waals surface area contributed by atoms with Gasteiger partial charge in [0.2, 0.25) is 0 Å². The topological polar surface area (TPSA) is 99.0 Å². The second-order valence-corrected chi connectivity index (χ2v) is 6.59. The van der Waals surface area contributed by atoms with Crippen LogP contribution < -0.4 is 15.2 Å². The van der Waals surface area contributed by atoms with Crippen molar-refractivity contribution in [3.05, 3.63) is 36.2 Å². The van der Waals surface area contributed by atoms with Crippen molar-refractivity contribution >= 4 is 17.6 Å². The molecule has 8 heteroatoms. The van der Waals surface area contributed by atoms with Crippen LogP contribution in [0.5, 0.6) is 11.5 Å². The molecule has 7 nitrogen and oxygen atoms in total. The van der Waals surface area contributed by atoms with E-state index >= 15 is 0 Å². The highest BCUT2D eigenvalue weighted by Crippen LogP contribution is 2.42. The molecular formula is C19H19N5O2S. The molecule has 3 aromatic rings. The number of hydrogen-bond acceptors (Lipinski definition) is 7. The molecule has 0 atom stereocenters. The Labute approximate surface area is 161 Å². The summed E-state index contributed by atoms with van der Waals surface area (Å²) < 4.78 is 12.8. The number of hydrogen-bond donors (Lipinski definition) is 1. The van der Waals surface area contributed by atoms with Crippen molar-refractivity contribution in [2.75, 3.05) is 26.2 Å². The molecule has 2 aromatic heterocycles. The Morgan fingerprint density at radius 3 is 2.44 bits per heavy atom. The highest BCUT2D eigenvalue weighted by molar-refractivity contribution is 7.98. The third kappa shape index (κ3) is 3.41. The van der Waals surface area contributed by atoms with Crippen LogP contribution in [0.4, 0.5) is 5.82 Å². The quantitative estimate of drug-likeness (QED) is 0.677. The molecule has 3 rings (SSSR count). The fourth-order valence-electron chi connectivity index (χ4n) is 2.84. The molecule has 0 unspecified atom stereocenters. The van der Waals surface area contributed by atoms with Gasteiger partial charge >= 0.3 is 0 Å². The van der Waals surface area contributed by atoms with Gasteiger partial charge in [-0.05, 0) is 24.5 Å². The summed E-state index contributed by atoms with van der Waals surface area (Å²) in [4.78, 5) is 5.31. The minimum Gasteiger partial charge on any atom is -0.496 e. The van der Waals surface area contributed by atoms with Crippen LogP contribution in [0.15, 0.2) is 35.5 Å². The van der Waals surface area contributed by atoms with Crippen LogP contribution in [0.1, 0.15) is 5.56 Å². The summed E-state index contributed by atoms with van der Waals surface area (Å²) in [6.07, 6.45) is 5.50. The van der Waals surface area contributed by atoms with E-state index in [1.165, 1.54) is 0 Å². The van der Waals surface area contributed by atoms with E-state index in [4.69, 9.17) is 15.2 Å². The Kier molecular flexibility index (Phi) is 5.23. The largest absolute Gasteiger partial charge is 0.496 e. The second kappa shape index (κ2) is 7.60. The van der Waals surface area contributed by atoms with Crippen molar-refractivity contribution in [3.8, 4) is 40.0 Å². The van der Waals surface area contributed by atoms with Crippen LogP contribution in [-0.2, 0) is 7.05 Å². The van der Waals surface area contributed by atoms with E-state index in [2.05, 4.69) is 16.2 Å². The Hall–Kier alpha value is -3.18. The predicted octanol–water partition coefficient (Wildman–Crippen LogP) is 3.34. The number of aromatic nitrogens is 3. The number of thioether (sulfide) groups is 1. The van der Waals surface area contributed by atoms with E-state index in [0.29, 0.717) is 33.9 Å². The highest BCUT2D eigenvalue weighted by atomic mass is 32.2. The summed E-state index contributed by atoms with van der Waals surface area (Å²) >= 11 is 1.55. The Morgan fingerprint density at radius 1 is 1.15 bits per heavy atom. The van der Waals surface area contributed by atoms with Gasteiger partial charge in [-0.3, -0.25) is 4.68 Å². The molecule has 0 radical (unpaired) electrons. The molecule has 0 bridgehead atoms. The van der Waals surface area contributed by atoms with Gasteiger partial charge in [0, 0.05) is 29.9 Å². The fourth-order valence-corrected chi connectivity index (χ4v) is 3.40. The highest BCUT2D eigenvalue weighted by Gasteiger charge is 2.19. The maximum absolute atomic E-state index is 9.65. The maximum Gasteiger partial charge on any atom is 0.142 e. The maximum atomic E-state index is 9.65. The van der Waals surface area contributed by atoms with Crippen LogP contribution >= 0.6 is 11.8 Å². The summed E-state index contributed by atoms with van der Waals surface area (Å²) in [6.45, 7) is 0. The van der Waals surface area contributed by atoms with E-state index in [1.807, 2.05) is 37.7 Å². The first kappa shape index (κ1) is 18.6. The van der Waals surface area contributed by atoms with Gasteiger partial charge in [-0.1, -0.05) is 0 Å². The minimum absolute atomic E-state index is 0.156. The lowest BCUT2D eigenvalue weighted by atomic mass is 9.98. The van der Waals surface area contributed by atoms with E-state index in [-0.39, 0.29) is 5.82 Å². The molecule has 0 saturated carbocycles. The number of nitrogen functional groups attached to an aromatic ring is 1. The molecule has 0 aliphatic carbocycles. The molecule has 0 spiro atoms. The Bertz CT molecular complexity index is 1040. The van der Waals surface area contributed by atoms with Gasteiger partial charge in [-0.15, -0.1) is 11.8 Å². The standard InChI is InChI=1S/C19H19N5O2S/c1-24-10-11(9-22-24)15-5-12(14(8-20)19(21)23-15)13-6-17(26-3)18(27-4)7-16(13)25-2/h5-7,9-10H,1-4H3,(H2,21,23). The Balaban J connectivity index is 2.30. The number of anilines is 1. The zero-order valence-corrected chi connectivity index (χ0v) is 16.3. The summed E-state index contributed by atoms with van der Waals surface area (Å²) in [6, 6.07) is 7.72. The van der Waals surface area contributed by atoms with Crippen LogP contribution in [0.3, 0.4) is 0 Å². The molecule has 138 valence electrons. The third-order valence-electron chi connectivity index (χ3n) is 4.16.